The summed E-state index contributed by atoms with van der Waals surface area (Å²) in [6, 6.07) is 25.8. The van der Waals surface area contributed by atoms with Gasteiger partial charge in [-0.15, -0.1) is 0 Å². The molecule has 0 spiro atoms. The van der Waals surface area contributed by atoms with Crippen molar-refractivity contribution in [2.24, 2.45) is 5.41 Å². The molecule has 3 aromatic carbocycles. The first kappa shape index (κ1) is 25.0. The maximum atomic E-state index is 13.6. The standard InChI is InChI=1S/C30H33ClN2O2/c1-2-23-8-10-24(11-9-23)16-19-32-29(35)30(22-25-6-4-3-5-7-25)17-20-33(21-18-30)28(34)26-12-14-27(31)15-13-26/h3-15H,2,16-22H2,1H3,(H,32,35). The first-order valence-corrected chi connectivity index (χ1v) is 12.8. The summed E-state index contributed by atoms with van der Waals surface area (Å²) in [6.07, 6.45) is 3.78. The highest BCUT2D eigenvalue weighted by Crippen LogP contribution is 2.36. The highest BCUT2D eigenvalue weighted by Gasteiger charge is 2.42. The van der Waals surface area contributed by atoms with Gasteiger partial charge in [-0.3, -0.25) is 9.59 Å². The van der Waals surface area contributed by atoms with Gasteiger partial charge < -0.3 is 10.2 Å². The summed E-state index contributed by atoms with van der Waals surface area (Å²) in [5.74, 6) is 0.0797. The number of amides is 2. The van der Waals surface area contributed by atoms with Crippen LogP contribution in [0.2, 0.25) is 5.02 Å². The van der Waals surface area contributed by atoms with Crippen LogP contribution in [0.15, 0.2) is 78.9 Å². The number of aryl methyl sites for hydroxylation is 1. The molecule has 4 rings (SSSR count). The Balaban J connectivity index is 1.42. The lowest BCUT2D eigenvalue weighted by molar-refractivity contribution is -0.133. The van der Waals surface area contributed by atoms with Gasteiger partial charge >= 0.3 is 0 Å². The van der Waals surface area contributed by atoms with E-state index in [1.165, 1.54) is 11.1 Å². The van der Waals surface area contributed by atoms with E-state index in [-0.39, 0.29) is 11.8 Å². The quantitative estimate of drug-likeness (QED) is 0.440. The number of rotatable bonds is 8. The van der Waals surface area contributed by atoms with Gasteiger partial charge in [-0.2, -0.15) is 0 Å². The lowest BCUT2D eigenvalue weighted by atomic mass is 9.72. The van der Waals surface area contributed by atoms with E-state index in [2.05, 4.69) is 48.6 Å². The molecule has 0 bridgehead atoms. The van der Waals surface area contributed by atoms with Gasteiger partial charge in [0, 0.05) is 30.2 Å². The number of nitrogens with one attached hydrogen (secondary N) is 1. The van der Waals surface area contributed by atoms with Crippen molar-refractivity contribution in [3.05, 3.63) is 106 Å². The summed E-state index contributed by atoms with van der Waals surface area (Å²) in [6.45, 7) is 3.87. The van der Waals surface area contributed by atoms with E-state index in [1.54, 1.807) is 24.3 Å². The molecule has 1 heterocycles. The van der Waals surface area contributed by atoms with E-state index in [9.17, 15) is 9.59 Å². The number of hydrogen-bond donors (Lipinski definition) is 1. The normalized spacial score (nSPS) is 15.0. The van der Waals surface area contributed by atoms with Gasteiger partial charge in [0.25, 0.3) is 5.91 Å². The summed E-state index contributed by atoms with van der Waals surface area (Å²) in [5, 5.41) is 3.83. The van der Waals surface area contributed by atoms with E-state index in [0.717, 1.165) is 18.4 Å². The topological polar surface area (TPSA) is 49.4 Å². The van der Waals surface area contributed by atoms with E-state index >= 15 is 0 Å². The number of likely N-dealkylation sites (tertiary alicyclic amines) is 1. The molecular weight excluding hydrogens is 456 g/mol. The monoisotopic (exact) mass is 488 g/mol. The van der Waals surface area contributed by atoms with Crippen LogP contribution in [0.25, 0.3) is 0 Å². The first-order valence-electron chi connectivity index (χ1n) is 12.4. The van der Waals surface area contributed by atoms with Gasteiger partial charge in [-0.1, -0.05) is 73.1 Å². The van der Waals surface area contributed by atoms with Crippen LogP contribution >= 0.6 is 11.6 Å². The molecular formula is C30H33ClN2O2. The molecule has 2 amide bonds. The molecule has 1 aliphatic rings. The average Bonchev–Trinajstić information content (AvgIpc) is 2.90. The van der Waals surface area contributed by atoms with E-state index in [4.69, 9.17) is 11.6 Å². The zero-order chi connectivity index (χ0) is 24.7. The van der Waals surface area contributed by atoms with E-state index in [1.807, 2.05) is 23.1 Å². The first-order chi connectivity index (χ1) is 17.0. The molecule has 0 radical (unpaired) electrons. The summed E-state index contributed by atoms with van der Waals surface area (Å²) in [5.41, 5.74) is 3.80. The molecule has 0 aliphatic carbocycles. The molecule has 1 fully saturated rings. The maximum Gasteiger partial charge on any atom is 0.253 e. The van der Waals surface area contributed by atoms with Gasteiger partial charge in [-0.05, 0) is 73.1 Å². The smallest absolute Gasteiger partial charge is 0.253 e. The van der Waals surface area contributed by atoms with Crippen LogP contribution in [0, 0.1) is 5.41 Å². The minimum atomic E-state index is -0.524. The van der Waals surface area contributed by atoms with E-state index < -0.39 is 5.41 Å². The summed E-state index contributed by atoms with van der Waals surface area (Å²) >= 11 is 5.98. The van der Waals surface area contributed by atoms with Crippen molar-refractivity contribution in [3.8, 4) is 0 Å². The van der Waals surface area contributed by atoms with Crippen LogP contribution in [0.4, 0.5) is 0 Å². The molecule has 0 unspecified atom stereocenters. The molecule has 3 aromatic rings. The second kappa shape index (κ2) is 11.5. The molecule has 4 nitrogen and oxygen atoms in total. The Morgan fingerprint density at radius 3 is 2.11 bits per heavy atom. The van der Waals surface area contributed by atoms with Gasteiger partial charge in [0.15, 0.2) is 0 Å². The molecule has 182 valence electrons. The fraction of sp³-hybridized carbons (Fsp3) is 0.333. The van der Waals surface area contributed by atoms with Crippen LogP contribution in [-0.2, 0) is 24.1 Å². The van der Waals surface area contributed by atoms with Crippen LogP contribution in [0.3, 0.4) is 0 Å². The Labute approximate surface area is 213 Å². The molecule has 0 saturated carbocycles. The Hall–Kier alpha value is -3.11. The predicted molar refractivity (Wildman–Crippen MR) is 142 cm³/mol. The second-order valence-electron chi connectivity index (χ2n) is 9.42. The molecule has 0 aromatic heterocycles. The molecule has 35 heavy (non-hydrogen) atoms. The fourth-order valence-corrected chi connectivity index (χ4v) is 4.96. The van der Waals surface area contributed by atoms with Gasteiger partial charge in [0.05, 0.1) is 5.41 Å². The van der Waals surface area contributed by atoms with Gasteiger partial charge in [0.2, 0.25) is 5.91 Å². The number of piperidine rings is 1. The van der Waals surface area contributed by atoms with Crippen molar-refractivity contribution in [2.75, 3.05) is 19.6 Å². The summed E-state index contributed by atoms with van der Waals surface area (Å²) in [7, 11) is 0. The lowest BCUT2D eigenvalue weighted by Crippen LogP contribution is -2.51. The zero-order valence-corrected chi connectivity index (χ0v) is 21.1. The van der Waals surface area contributed by atoms with Gasteiger partial charge in [-0.25, -0.2) is 0 Å². The van der Waals surface area contributed by atoms with Crippen LogP contribution in [0.1, 0.15) is 46.8 Å². The van der Waals surface area contributed by atoms with Crippen molar-refractivity contribution in [2.45, 2.75) is 39.0 Å². The summed E-state index contributed by atoms with van der Waals surface area (Å²) in [4.78, 5) is 28.4. The Morgan fingerprint density at radius 1 is 0.857 bits per heavy atom. The van der Waals surface area contributed by atoms with Crippen molar-refractivity contribution in [1.82, 2.24) is 10.2 Å². The number of nitrogens with zero attached hydrogens (tertiary/aromatic N) is 1. The fourth-order valence-electron chi connectivity index (χ4n) is 4.83. The lowest BCUT2D eigenvalue weighted by Gasteiger charge is -2.41. The molecule has 5 heteroatoms. The third-order valence-corrected chi connectivity index (χ3v) is 7.35. The number of hydrogen-bond acceptors (Lipinski definition) is 2. The zero-order valence-electron chi connectivity index (χ0n) is 20.3. The Morgan fingerprint density at radius 2 is 1.49 bits per heavy atom. The summed E-state index contributed by atoms with van der Waals surface area (Å²) < 4.78 is 0. The Kier molecular flexibility index (Phi) is 8.25. The highest BCUT2D eigenvalue weighted by atomic mass is 35.5. The van der Waals surface area contributed by atoms with Crippen molar-refractivity contribution in [3.63, 3.8) is 0 Å². The molecule has 1 saturated heterocycles. The third kappa shape index (κ3) is 6.32. The predicted octanol–water partition coefficient (Wildman–Crippen LogP) is 5.73. The number of halogens is 1. The van der Waals surface area contributed by atoms with E-state index in [0.29, 0.717) is 49.5 Å². The van der Waals surface area contributed by atoms with Crippen LogP contribution in [0.5, 0.6) is 0 Å². The SMILES string of the molecule is CCc1ccc(CCNC(=O)C2(Cc3ccccc3)CCN(C(=O)c3ccc(Cl)cc3)CC2)cc1. The van der Waals surface area contributed by atoms with Crippen molar-refractivity contribution < 1.29 is 9.59 Å². The minimum absolute atomic E-state index is 0.00841. The minimum Gasteiger partial charge on any atom is -0.355 e. The highest BCUT2D eigenvalue weighted by molar-refractivity contribution is 6.30. The second-order valence-corrected chi connectivity index (χ2v) is 9.85. The van der Waals surface area contributed by atoms with Crippen molar-refractivity contribution >= 4 is 23.4 Å². The Bertz CT molecular complexity index is 1120. The largest absolute Gasteiger partial charge is 0.355 e. The number of carbonyl (C=O) groups excluding carboxylic acids is 2. The van der Waals surface area contributed by atoms with Gasteiger partial charge in [0.1, 0.15) is 0 Å². The molecule has 0 atom stereocenters. The van der Waals surface area contributed by atoms with Crippen molar-refractivity contribution in [1.29, 1.82) is 0 Å². The maximum absolute atomic E-state index is 13.6. The number of carbonyl (C=O) groups is 2. The van der Waals surface area contributed by atoms with Crippen LogP contribution < -0.4 is 5.32 Å². The number of benzene rings is 3. The van der Waals surface area contributed by atoms with Crippen LogP contribution in [-0.4, -0.2) is 36.3 Å². The average molecular weight is 489 g/mol. The molecule has 1 N–H and O–H groups in total. The molecule has 1 aliphatic heterocycles. The third-order valence-electron chi connectivity index (χ3n) is 7.10.